The third-order valence-electron chi connectivity index (χ3n) is 4.85. The monoisotopic (exact) mass is 483 g/mol. The molecule has 2 aromatic heterocycles. The van der Waals surface area contributed by atoms with Gasteiger partial charge in [0.05, 0.1) is 39.4 Å². The molecule has 30 heavy (non-hydrogen) atoms. The van der Waals surface area contributed by atoms with Crippen molar-refractivity contribution in [2.75, 3.05) is 5.32 Å². The van der Waals surface area contributed by atoms with Gasteiger partial charge in [-0.05, 0) is 61.3 Å². The maximum atomic E-state index is 13.0. The van der Waals surface area contributed by atoms with E-state index in [1.54, 1.807) is 42.4 Å². The predicted octanol–water partition coefficient (Wildman–Crippen LogP) is 5.03. The van der Waals surface area contributed by atoms with Crippen molar-refractivity contribution in [3.63, 3.8) is 0 Å². The third kappa shape index (κ3) is 4.58. The number of rotatable bonds is 5. The lowest BCUT2D eigenvalue weighted by Crippen LogP contribution is -2.24. The molecular formula is C20H21BrF3N5O. The van der Waals surface area contributed by atoms with Crippen LogP contribution in [0.4, 0.5) is 18.9 Å². The minimum atomic E-state index is -4.40. The van der Waals surface area contributed by atoms with Crippen LogP contribution in [0.5, 0.6) is 0 Å². The number of benzene rings is 1. The Bertz CT molecular complexity index is 1070. The predicted molar refractivity (Wildman–Crippen MR) is 110 cm³/mol. The van der Waals surface area contributed by atoms with Crippen LogP contribution in [0.1, 0.15) is 41.2 Å². The Morgan fingerprint density at radius 2 is 1.90 bits per heavy atom. The molecule has 0 aliphatic carbocycles. The first-order valence-electron chi connectivity index (χ1n) is 9.19. The summed E-state index contributed by atoms with van der Waals surface area (Å²) in [7, 11) is 0. The zero-order valence-corrected chi connectivity index (χ0v) is 18.5. The number of amides is 1. The standard InChI is InChI=1S/C20H21BrF3N5O/c1-11-17(21)10-29(26-11)14(4)19(30)25-18-12(2)27-28(13(18)3)9-15-6-5-7-16(8-15)20(22,23)24/h5-8,10,14H,9H2,1-4H3,(H,25,30). The van der Waals surface area contributed by atoms with Gasteiger partial charge in [0.15, 0.2) is 0 Å². The van der Waals surface area contributed by atoms with Gasteiger partial charge in [-0.1, -0.05) is 12.1 Å². The Labute approximate surface area is 180 Å². The summed E-state index contributed by atoms with van der Waals surface area (Å²) in [6.07, 6.45) is -2.67. The average Bonchev–Trinajstić information content (AvgIpc) is 3.14. The number of hydrogen-bond donors (Lipinski definition) is 1. The van der Waals surface area contributed by atoms with Crippen molar-refractivity contribution in [1.82, 2.24) is 19.6 Å². The normalized spacial score (nSPS) is 12.8. The van der Waals surface area contributed by atoms with Crippen molar-refractivity contribution in [2.45, 2.75) is 46.5 Å². The zero-order valence-electron chi connectivity index (χ0n) is 16.9. The lowest BCUT2D eigenvalue weighted by Gasteiger charge is -2.13. The van der Waals surface area contributed by atoms with E-state index in [1.807, 2.05) is 6.92 Å². The molecule has 0 saturated carbocycles. The van der Waals surface area contributed by atoms with Crippen molar-refractivity contribution in [2.24, 2.45) is 0 Å². The molecule has 6 nitrogen and oxygen atoms in total. The van der Waals surface area contributed by atoms with Gasteiger partial charge in [0, 0.05) is 6.20 Å². The quantitative estimate of drug-likeness (QED) is 0.553. The fourth-order valence-corrected chi connectivity index (χ4v) is 3.35. The van der Waals surface area contributed by atoms with Gasteiger partial charge in [-0.25, -0.2) is 0 Å². The van der Waals surface area contributed by atoms with Crippen LogP contribution in [-0.2, 0) is 17.5 Å². The molecule has 0 saturated heterocycles. The Hall–Kier alpha value is -2.62. The maximum Gasteiger partial charge on any atom is 0.416 e. The van der Waals surface area contributed by atoms with E-state index in [1.165, 1.54) is 6.07 Å². The highest BCUT2D eigenvalue weighted by Gasteiger charge is 2.30. The number of halogens is 4. The fraction of sp³-hybridized carbons (Fsp3) is 0.350. The van der Waals surface area contributed by atoms with Crippen molar-refractivity contribution in [3.8, 4) is 0 Å². The van der Waals surface area contributed by atoms with Crippen molar-refractivity contribution in [3.05, 3.63) is 63.1 Å². The highest BCUT2D eigenvalue weighted by molar-refractivity contribution is 9.10. The Balaban J connectivity index is 1.79. The summed E-state index contributed by atoms with van der Waals surface area (Å²) in [4.78, 5) is 12.7. The smallest absolute Gasteiger partial charge is 0.321 e. The molecule has 0 aliphatic rings. The number of carbonyl (C=O) groups excluding carboxylic acids is 1. The average molecular weight is 484 g/mol. The second-order valence-corrected chi connectivity index (χ2v) is 7.96. The molecule has 1 aromatic carbocycles. The number of aryl methyl sites for hydroxylation is 2. The Morgan fingerprint density at radius 1 is 1.20 bits per heavy atom. The molecule has 160 valence electrons. The highest BCUT2D eigenvalue weighted by atomic mass is 79.9. The van der Waals surface area contributed by atoms with Gasteiger partial charge in [0.25, 0.3) is 0 Å². The summed E-state index contributed by atoms with van der Waals surface area (Å²) < 4.78 is 42.8. The third-order valence-corrected chi connectivity index (χ3v) is 5.63. The molecule has 1 atom stereocenters. The van der Waals surface area contributed by atoms with Gasteiger partial charge >= 0.3 is 6.18 Å². The summed E-state index contributed by atoms with van der Waals surface area (Å²) in [5, 5.41) is 11.6. The summed E-state index contributed by atoms with van der Waals surface area (Å²) >= 11 is 3.38. The number of aromatic nitrogens is 4. The second-order valence-electron chi connectivity index (χ2n) is 7.11. The first kappa shape index (κ1) is 22.1. The minimum absolute atomic E-state index is 0.160. The summed E-state index contributed by atoms with van der Waals surface area (Å²) in [5.41, 5.74) is 2.32. The maximum absolute atomic E-state index is 13.0. The topological polar surface area (TPSA) is 64.7 Å². The van der Waals surface area contributed by atoms with E-state index >= 15 is 0 Å². The van der Waals surface area contributed by atoms with Crippen LogP contribution in [0.3, 0.4) is 0 Å². The van der Waals surface area contributed by atoms with E-state index in [2.05, 4.69) is 31.4 Å². The molecule has 1 unspecified atom stereocenters. The number of alkyl halides is 3. The number of carbonyl (C=O) groups is 1. The number of anilines is 1. The number of nitrogens with zero attached hydrogens (tertiary/aromatic N) is 4. The molecule has 1 N–H and O–H groups in total. The van der Waals surface area contributed by atoms with Crippen LogP contribution in [0.2, 0.25) is 0 Å². The summed E-state index contributed by atoms with van der Waals surface area (Å²) in [6, 6.07) is 4.57. The number of hydrogen-bond acceptors (Lipinski definition) is 3. The van der Waals surface area contributed by atoms with E-state index in [9.17, 15) is 18.0 Å². The van der Waals surface area contributed by atoms with Crippen molar-refractivity contribution < 1.29 is 18.0 Å². The first-order chi connectivity index (χ1) is 14.0. The van der Waals surface area contributed by atoms with Gasteiger partial charge in [0.2, 0.25) is 5.91 Å². The van der Waals surface area contributed by atoms with Crippen LogP contribution in [0.15, 0.2) is 34.9 Å². The first-order valence-corrected chi connectivity index (χ1v) is 9.99. The van der Waals surface area contributed by atoms with Crippen molar-refractivity contribution >= 4 is 27.5 Å². The largest absolute Gasteiger partial charge is 0.416 e. The highest BCUT2D eigenvalue weighted by Crippen LogP contribution is 2.30. The SMILES string of the molecule is Cc1nn(C(C)C(=O)Nc2c(C)nn(Cc3cccc(C(F)(F)F)c3)c2C)cc1Br. The van der Waals surface area contributed by atoms with Gasteiger partial charge in [-0.15, -0.1) is 0 Å². The van der Waals surface area contributed by atoms with E-state index in [-0.39, 0.29) is 12.5 Å². The van der Waals surface area contributed by atoms with E-state index < -0.39 is 17.8 Å². The Morgan fingerprint density at radius 3 is 2.50 bits per heavy atom. The van der Waals surface area contributed by atoms with Crippen LogP contribution in [0, 0.1) is 20.8 Å². The molecule has 0 fully saturated rings. The van der Waals surface area contributed by atoms with Crippen LogP contribution in [-0.4, -0.2) is 25.5 Å². The summed E-state index contributed by atoms with van der Waals surface area (Å²) in [6.45, 7) is 7.23. The molecular weight excluding hydrogens is 463 g/mol. The Kier molecular flexibility index (Phi) is 6.07. The molecule has 1 amide bonds. The molecule has 0 aliphatic heterocycles. The van der Waals surface area contributed by atoms with E-state index in [0.717, 1.165) is 22.3 Å². The van der Waals surface area contributed by atoms with Gasteiger partial charge < -0.3 is 5.32 Å². The van der Waals surface area contributed by atoms with Gasteiger partial charge in [-0.3, -0.25) is 14.2 Å². The van der Waals surface area contributed by atoms with Crippen LogP contribution in [0.25, 0.3) is 0 Å². The molecule has 0 spiro atoms. The van der Waals surface area contributed by atoms with Gasteiger partial charge in [-0.2, -0.15) is 23.4 Å². The van der Waals surface area contributed by atoms with Crippen LogP contribution >= 0.6 is 15.9 Å². The molecule has 10 heteroatoms. The van der Waals surface area contributed by atoms with Crippen molar-refractivity contribution in [1.29, 1.82) is 0 Å². The second kappa shape index (κ2) is 8.25. The molecule has 0 bridgehead atoms. The molecule has 2 heterocycles. The van der Waals surface area contributed by atoms with E-state index in [0.29, 0.717) is 22.6 Å². The number of nitrogens with one attached hydrogen (secondary N) is 1. The van der Waals surface area contributed by atoms with E-state index in [4.69, 9.17) is 0 Å². The lowest BCUT2D eigenvalue weighted by molar-refractivity contribution is -0.137. The molecule has 3 rings (SSSR count). The fourth-order valence-electron chi connectivity index (χ4n) is 3.06. The van der Waals surface area contributed by atoms with Crippen LogP contribution < -0.4 is 5.32 Å². The molecule has 3 aromatic rings. The minimum Gasteiger partial charge on any atom is -0.321 e. The lowest BCUT2D eigenvalue weighted by atomic mass is 10.1. The van der Waals surface area contributed by atoms with Gasteiger partial charge in [0.1, 0.15) is 6.04 Å². The summed E-state index contributed by atoms with van der Waals surface area (Å²) in [5.74, 6) is -0.269. The molecule has 0 radical (unpaired) electrons. The zero-order chi connectivity index (χ0) is 22.2.